The van der Waals surface area contributed by atoms with Crippen molar-refractivity contribution in [3.63, 3.8) is 0 Å². The van der Waals surface area contributed by atoms with E-state index < -0.39 is 0 Å². The molecular formula is C28H32N16O2S2. The van der Waals surface area contributed by atoms with Crippen LogP contribution in [0.1, 0.15) is 9.75 Å². The Morgan fingerprint density at radius 3 is 1.71 bits per heavy atom. The van der Waals surface area contributed by atoms with Gasteiger partial charge in [-0.3, -0.25) is 0 Å². The van der Waals surface area contributed by atoms with Gasteiger partial charge < -0.3 is 36.0 Å². The van der Waals surface area contributed by atoms with E-state index in [-0.39, 0.29) is 6.03 Å². The molecule has 2 fully saturated rings. The van der Waals surface area contributed by atoms with Crippen LogP contribution in [0.25, 0.3) is 0 Å². The monoisotopic (exact) mass is 688 g/mol. The van der Waals surface area contributed by atoms with Gasteiger partial charge in [-0.2, -0.15) is 10.5 Å². The van der Waals surface area contributed by atoms with E-state index in [1.54, 1.807) is 24.5 Å². The molecule has 0 aliphatic carbocycles. The second kappa shape index (κ2) is 18.4. The molecule has 0 atom stereocenters. The summed E-state index contributed by atoms with van der Waals surface area (Å²) in [5, 5.41) is 31.0. The van der Waals surface area contributed by atoms with Gasteiger partial charge in [-0.1, -0.05) is 22.7 Å². The highest BCUT2D eigenvalue weighted by Gasteiger charge is 2.21. The molecule has 4 N–H and O–H groups in total. The number of nitriles is 2. The van der Waals surface area contributed by atoms with Gasteiger partial charge in [-0.15, -0.1) is 0 Å². The molecule has 0 unspecified atom stereocenters. The zero-order valence-electron chi connectivity index (χ0n) is 26.1. The van der Waals surface area contributed by atoms with Crippen molar-refractivity contribution in [2.24, 2.45) is 4.99 Å². The molecule has 20 heteroatoms. The maximum atomic E-state index is 11.6. The van der Waals surface area contributed by atoms with Crippen LogP contribution in [0.4, 0.5) is 38.3 Å². The Balaban J connectivity index is 0.000000198. The third-order valence-corrected chi connectivity index (χ3v) is 8.28. The van der Waals surface area contributed by atoms with Crippen molar-refractivity contribution in [1.29, 1.82) is 10.5 Å². The van der Waals surface area contributed by atoms with Crippen LogP contribution in [0.3, 0.4) is 0 Å². The van der Waals surface area contributed by atoms with E-state index in [4.69, 9.17) is 15.3 Å². The van der Waals surface area contributed by atoms with Gasteiger partial charge in [0.15, 0.2) is 10.3 Å². The lowest BCUT2D eigenvalue weighted by Crippen LogP contribution is -2.51. The number of nitrogens with one attached hydrogen (secondary N) is 4. The SMILES string of the molecule is CN=C=O.CNC(=O)N1CCN(c2cc(Nc3ncc(C#N)s3)ncn2)CC1.N#Cc1cnc(Nc2cc(N3CCNCC3)ncn2)s1. The average Bonchev–Trinajstić information content (AvgIpc) is 3.81. The van der Waals surface area contributed by atoms with Crippen molar-refractivity contribution in [3.05, 3.63) is 46.9 Å². The zero-order chi connectivity index (χ0) is 34.1. The summed E-state index contributed by atoms with van der Waals surface area (Å²) in [5.41, 5.74) is 0. The highest BCUT2D eigenvalue weighted by atomic mass is 32.1. The van der Waals surface area contributed by atoms with Gasteiger partial charge in [0.05, 0.1) is 12.4 Å². The normalized spacial score (nSPS) is 13.6. The van der Waals surface area contributed by atoms with Gasteiger partial charge in [-0.05, 0) is 0 Å². The molecule has 6 heterocycles. The lowest BCUT2D eigenvalue weighted by Gasteiger charge is -2.35. The number of carbonyl (C=O) groups is 1. The molecule has 6 rings (SSSR count). The van der Waals surface area contributed by atoms with Gasteiger partial charge in [0.1, 0.15) is 57.8 Å². The van der Waals surface area contributed by atoms with Crippen LogP contribution in [-0.4, -0.2) is 113 Å². The Kier molecular flexibility index (Phi) is 13.4. The summed E-state index contributed by atoms with van der Waals surface area (Å²) in [4.78, 5) is 55.9. The minimum atomic E-state index is -0.0586. The predicted molar refractivity (Wildman–Crippen MR) is 182 cm³/mol. The van der Waals surface area contributed by atoms with Crippen LogP contribution in [0.15, 0.2) is 42.2 Å². The maximum Gasteiger partial charge on any atom is 0.317 e. The summed E-state index contributed by atoms with van der Waals surface area (Å²) in [6.45, 7) is 6.50. The third-order valence-electron chi connectivity index (χ3n) is 6.64. The van der Waals surface area contributed by atoms with E-state index in [0.29, 0.717) is 57.8 Å². The van der Waals surface area contributed by atoms with E-state index in [2.05, 4.69) is 78.1 Å². The highest BCUT2D eigenvalue weighted by Crippen LogP contribution is 2.24. The van der Waals surface area contributed by atoms with Crippen LogP contribution < -0.4 is 31.1 Å². The summed E-state index contributed by atoms with van der Waals surface area (Å²) in [7, 11) is 3.01. The fourth-order valence-corrected chi connectivity index (χ4v) is 5.59. The van der Waals surface area contributed by atoms with Crippen molar-refractivity contribution >= 4 is 68.3 Å². The minimum Gasteiger partial charge on any atom is -0.354 e. The molecule has 0 spiro atoms. The largest absolute Gasteiger partial charge is 0.354 e. The van der Waals surface area contributed by atoms with E-state index in [1.807, 2.05) is 12.1 Å². The summed E-state index contributed by atoms with van der Waals surface area (Å²) in [5.74, 6) is 3.00. The van der Waals surface area contributed by atoms with Gasteiger partial charge >= 0.3 is 6.03 Å². The van der Waals surface area contributed by atoms with Gasteiger partial charge in [0.2, 0.25) is 6.08 Å². The third kappa shape index (κ3) is 10.4. The molecule has 2 aliphatic rings. The summed E-state index contributed by atoms with van der Waals surface area (Å²) in [6.07, 6.45) is 7.40. The summed E-state index contributed by atoms with van der Waals surface area (Å²) >= 11 is 2.57. The van der Waals surface area contributed by atoms with E-state index in [9.17, 15) is 4.79 Å². The Labute approximate surface area is 284 Å². The number of piperazine rings is 2. The standard InChI is InChI=1S/C14H16N8OS.C12H13N7S.C2H3NO/c1-16-14(23)22-4-2-21(3-5-22)12-6-11(18-9-19-12)20-13-17-8-10(7-15)24-13;13-6-9-7-15-12(20-9)18-10-5-11(17-8-16-10)19-3-1-14-2-4-19;1-3-2-4/h6,8-9H,2-5H2,1H3,(H,16,23)(H,17,18,19,20);5,7-8,14H,1-4H2,(H,15,16,17,18);1H3. The first-order chi connectivity index (χ1) is 23.5. The molecule has 2 amide bonds. The Bertz CT molecular complexity index is 1760. The fourth-order valence-electron chi connectivity index (χ4n) is 4.35. The van der Waals surface area contributed by atoms with Crippen LogP contribution in [0.2, 0.25) is 0 Å². The maximum absolute atomic E-state index is 11.6. The molecule has 0 bridgehead atoms. The first-order valence-corrected chi connectivity index (χ1v) is 16.1. The quantitative estimate of drug-likeness (QED) is 0.168. The van der Waals surface area contributed by atoms with Gasteiger partial charge in [-0.25, -0.2) is 44.5 Å². The van der Waals surface area contributed by atoms with Crippen molar-refractivity contribution in [2.75, 3.05) is 86.9 Å². The first-order valence-electron chi connectivity index (χ1n) is 14.5. The molecule has 2 saturated heterocycles. The number of hydrogen-bond acceptors (Lipinski definition) is 18. The lowest BCUT2D eigenvalue weighted by molar-refractivity contribution is 0.196. The van der Waals surface area contributed by atoms with Gasteiger partial charge in [0, 0.05) is 78.6 Å². The van der Waals surface area contributed by atoms with Crippen molar-refractivity contribution in [2.45, 2.75) is 0 Å². The lowest BCUT2D eigenvalue weighted by atomic mass is 10.3. The second-order valence-electron chi connectivity index (χ2n) is 9.64. The first kappa shape index (κ1) is 35.1. The summed E-state index contributed by atoms with van der Waals surface area (Å²) < 4.78 is 0. The molecule has 4 aromatic rings. The molecule has 0 saturated carbocycles. The number of thiazole rings is 2. The molecule has 2 aliphatic heterocycles. The predicted octanol–water partition coefficient (Wildman–Crippen LogP) is 1.92. The number of carbonyl (C=O) groups excluding carboxylic acids is 2. The number of anilines is 6. The Morgan fingerprint density at radius 2 is 1.29 bits per heavy atom. The number of aromatic nitrogens is 6. The van der Waals surface area contributed by atoms with E-state index >= 15 is 0 Å². The number of isocyanates is 1. The number of hydrogen-bond donors (Lipinski definition) is 4. The van der Waals surface area contributed by atoms with Crippen LogP contribution in [0.5, 0.6) is 0 Å². The number of aliphatic imine (C=N–C) groups is 1. The number of nitrogens with zero attached hydrogens (tertiary/aromatic N) is 12. The fraction of sp³-hybridized carbons (Fsp3) is 0.357. The molecule has 248 valence electrons. The van der Waals surface area contributed by atoms with Gasteiger partial charge in [0.25, 0.3) is 0 Å². The minimum absolute atomic E-state index is 0.0586. The van der Waals surface area contributed by atoms with Crippen molar-refractivity contribution in [3.8, 4) is 12.1 Å². The second-order valence-corrected chi connectivity index (χ2v) is 11.7. The highest BCUT2D eigenvalue weighted by molar-refractivity contribution is 7.16. The number of urea groups is 1. The van der Waals surface area contributed by atoms with Crippen LogP contribution >= 0.6 is 22.7 Å². The number of rotatable bonds is 6. The zero-order valence-corrected chi connectivity index (χ0v) is 27.8. The molecular weight excluding hydrogens is 657 g/mol. The van der Waals surface area contributed by atoms with Crippen LogP contribution in [0, 0.1) is 22.7 Å². The van der Waals surface area contributed by atoms with E-state index in [0.717, 1.165) is 37.8 Å². The number of amides is 2. The van der Waals surface area contributed by atoms with Crippen molar-refractivity contribution in [1.82, 2.24) is 45.4 Å². The molecule has 48 heavy (non-hydrogen) atoms. The molecule has 18 nitrogen and oxygen atoms in total. The van der Waals surface area contributed by atoms with Crippen molar-refractivity contribution < 1.29 is 9.59 Å². The average molecular weight is 689 g/mol. The molecule has 0 aromatic carbocycles. The Hall–Kier alpha value is -5.79. The Morgan fingerprint density at radius 1 is 0.812 bits per heavy atom. The van der Waals surface area contributed by atoms with E-state index in [1.165, 1.54) is 48.3 Å². The summed E-state index contributed by atoms with van der Waals surface area (Å²) in [6, 6.07) is 7.80. The van der Waals surface area contributed by atoms with Crippen LogP contribution in [-0.2, 0) is 4.79 Å². The molecule has 0 radical (unpaired) electrons. The smallest absolute Gasteiger partial charge is 0.317 e. The molecule has 4 aromatic heterocycles. The topological polar surface area (TPSA) is 229 Å².